The van der Waals surface area contributed by atoms with Gasteiger partial charge in [0.15, 0.2) is 0 Å². The SMILES string of the molecule is C[C@@H]1CCCC[C@@H]1NC(=O)C1CCN(C(=O)c2cccs2)CC1. The van der Waals surface area contributed by atoms with Gasteiger partial charge in [-0.15, -0.1) is 11.3 Å². The van der Waals surface area contributed by atoms with Crippen molar-refractivity contribution in [3.63, 3.8) is 0 Å². The maximum atomic E-state index is 12.5. The summed E-state index contributed by atoms with van der Waals surface area (Å²) in [5, 5.41) is 5.20. The molecule has 0 aromatic carbocycles. The van der Waals surface area contributed by atoms with Crippen LogP contribution in [0, 0.1) is 11.8 Å². The van der Waals surface area contributed by atoms with Gasteiger partial charge in [0.2, 0.25) is 5.91 Å². The fourth-order valence-electron chi connectivity index (χ4n) is 3.73. The van der Waals surface area contributed by atoms with Crippen molar-refractivity contribution < 1.29 is 9.59 Å². The fraction of sp³-hybridized carbons (Fsp3) is 0.667. The van der Waals surface area contributed by atoms with Crippen LogP contribution in [-0.2, 0) is 4.79 Å². The standard InChI is InChI=1S/C18H26N2O2S/c1-13-5-2-3-6-15(13)19-17(21)14-8-10-20(11-9-14)18(22)16-7-4-12-23-16/h4,7,12-15H,2-3,5-6,8-11H2,1H3,(H,19,21)/t13-,15+/m1/s1. The van der Waals surface area contributed by atoms with Gasteiger partial charge >= 0.3 is 0 Å². The van der Waals surface area contributed by atoms with Crippen molar-refractivity contribution in [1.82, 2.24) is 10.2 Å². The number of piperidine rings is 1. The molecular weight excluding hydrogens is 308 g/mol. The molecule has 2 fully saturated rings. The second-order valence-electron chi connectivity index (χ2n) is 6.92. The Hall–Kier alpha value is -1.36. The van der Waals surface area contributed by atoms with E-state index in [1.165, 1.54) is 30.6 Å². The van der Waals surface area contributed by atoms with Gasteiger partial charge in [-0.1, -0.05) is 25.8 Å². The quantitative estimate of drug-likeness (QED) is 0.922. The van der Waals surface area contributed by atoms with Crippen LogP contribution in [0.1, 0.15) is 55.1 Å². The molecule has 126 valence electrons. The van der Waals surface area contributed by atoms with E-state index in [0.29, 0.717) is 25.0 Å². The first-order valence-electron chi connectivity index (χ1n) is 8.78. The molecule has 2 amide bonds. The number of rotatable bonds is 3. The molecule has 4 nitrogen and oxygen atoms in total. The summed E-state index contributed by atoms with van der Waals surface area (Å²) in [4.78, 5) is 27.5. The first kappa shape index (κ1) is 16.5. The Kier molecular flexibility index (Phi) is 5.36. The van der Waals surface area contributed by atoms with Crippen molar-refractivity contribution in [2.75, 3.05) is 13.1 Å². The number of carbonyl (C=O) groups excluding carboxylic acids is 2. The molecule has 1 aromatic rings. The first-order chi connectivity index (χ1) is 11.1. The van der Waals surface area contributed by atoms with Gasteiger partial charge in [-0.2, -0.15) is 0 Å². The van der Waals surface area contributed by atoms with E-state index in [9.17, 15) is 9.59 Å². The molecule has 1 saturated carbocycles. The Morgan fingerprint density at radius 3 is 2.57 bits per heavy atom. The van der Waals surface area contributed by atoms with E-state index in [0.717, 1.165) is 24.1 Å². The van der Waals surface area contributed by atoms with Crippen molar-refractivity contribution in [2.45, 2.75) is 51.5 Å². The number of thiophene rings is 1. The van der Waals surface area contributed by atoms with Crippen LogP contribution in [0.15, 0.2) is 17.5 Å². The zero-order valence-electron chi connectivity index (χ0n) is 13.8. The molecule has 1 aromatic heterocycles. The van der Waals surface area contributed by atoms with E-state index in [1.54, 1.807) is 0 Å². The number of amides is 2. The Morgan fingerprint density at radius 2 is 1.91 bits per heavy atom. The summed E-state index contributed by atoms with van der Waals surface area (Å²) < 4.78 is 0. The lowest BCUT2D eigenvalue weighted by Gasteiger charge is -2.34. The largest absolute Gasteiger partial charge is 0.353 e. The van der Waals surface area contributed by atoms with Gasteiger partial charge in [0.05, 0.1) is 4.88 Å². The topological polar surface area (TPSA) is 49.4 Å². The Balaban J connectivity index is 1.48. The van der Waals surface area contributed by atoms with Crippen LogP contribution in [-0.4, -0.2) is 35.8 Å². The summed E-state index contributed by atoms with van der Waals surface area (Å²) >= 11 is 1.48. The molecule has 1 aliphatic heterocycles. The highest BCUT2D eigenvalue weighted by Gasteiger charge is 2.30. The highest BCUT2D eigenvalue weighted by molar-refractivity contribution is 7.12. The lowest BCUT2D eigenvalue weighted by molar-refractivity contribution is -0.127. The molecule has 0 spiro atoms. The second-order valence-corrected chi connectivity index (χ2v) is 7.87. The van der Waals surface area contributed by atoms with Crippen molar-refractivity contribution >= 4 is 23.2 Å². The number of hydrogen-bond donors (Lipinski definition) is 1. The highest BCUT2D eigenvalue weighted by atomic mass is 32.1. The summed E-state index contributed by atoms with van der Waals surface area (Å²) in [5.41, 5.74) is 0. The predicted octanol–water partition coefficient (Wildman–Crippen LogP) is 3.30. The monoisotopic (exact) mass is 334 g/mol. The van der Waals surface area contributed by atoms with Crippen molar-refractivity contribution in [3.8, 4) is 0 Å². The van der Waals surface area contributed by atoms with Crippen LogP contribution in [0.2, 0.25) is 0 Å². The molecule has 0 bridgehead atoms. The molecule has 1 aliphatic carbocycles. The lowest BCUT2D eigenvalue weighted by Crippen LogP contribution is -2.47. The van der Waals surface area contributed by atoms with Gasteiger partial charge in [0.25, 0.3) is 5.91 Å². The first-order valence-corrected chi connectivity index (χ1v) is 9.66. The molecular formula is C18H26N2O2S. The predicted molar refractivity (Wildman–Crippen MR) is 92.5 cm³/mol. The maximum absolute atomic E-state index is 12.5. The summed E-state index contributed by atoms with van der Waals surface area (Å²) in [6.45, 7) is 3.62. The van der Waals surface area contributed by atoms with Gasteiger partial charge in [0, 0.05) is 25.0 Å². The third-order valence-electron chi connectivity index (χ3n) is 5.32. The molecule has 1 N–H and O–H groups in total. The van der Waals surface area contributed by atoms with Gasteiger partial charge in [-0.3, -0.25) is 9.59 Å². The van der Waals surface area contributed by atoms with Crippen molar-refractivity contribution in [3.05, 3.63) is 22.4 Å². The fourth-order valence-corrected chi connectivity index (χ4v) is 4.42. The van der Waals surface area contributed by atoms with E-state index in [2.05, 4.69) is 12.2 Å². The highest BCUT2D eigenvalue weighted by Crippen LogP contribution is 2.25. The van der Waals surface area contributed by atoms with E-state index in [4.69, 9.17) is 0 Å². The summed E-state index contributed by atoms with van der Waals surface area (Å²) in [6.07, 6.45) is 6.41. The summed E-state index contributed by atoms with van der Waals surface area (Å²) in [5.74, 6) is 0.969. The Bertz CT molecular complexity index is 535. The number of hydrogen-bond acceptors (Lipinski definition) is 3. The third-order valence-corrected chi connectivity index (χ3v) is 6.18. The van der Waals surface area contributed by atoms with Crippen LogP contribution < -0.4 is 5.32 Å². The van der Waals surface area contributed by atoms with Crippen LogP contribution in [0.3, 0.4) is 0 Å². The number of nitrogens with zero attached hydrogens (tertiary/aromatic N) is 1. The molecule has 0 unspecified atom stereocenters. The van der Waals surface area contributed by atoms with Crippen LogP contribution in [0.25, 0.3) is 0 Å². The minimum atomic E-state index is 0.0662. The number of carbonyl (C=O) groups is 2. The van der Waals surface area contributed by atoms with E-state index in [-0.39, 0.29) is 17.7 Å². The van der Waals surface area contributed by atoms with Gasteiger partial charge in [0.1, 0.15) is 0 Å². The smallest absolute Gasteiger partial charge is 0.263 e. The van der Waals surface area contributed by atoms with Crippen LogP contribution >= 0.6 is 11.3 Å². The molecule has 5 heteroatoms. The average Bonchev–Trinajstić information content (AvgIpc) is 3.11. The molecule has 23 heavy (non-hydrogen) atoms. The van der Waals surface area contributed by atoms with Gasteiger partial charge in [-0.05, 0) is 43.0 Å². The van der Waals surface area contributed by atoms with Crippen LogP contribution in [0.4, 0.5) is 0 Å². The minimum absolute atomic E-state index is 0.0662. The zero-order valence-corrected chi connectivity index (χ0v) is 14.6. The van der Waals surface area contributed by atoms with E-state index in [1.807, 2.05) is 22.4 Å². The molecule has 2 aliphatic rings. The maximum Gasteiger partial charge on any atom is 0.263 e. The van der Waals surface area contributed by atoms with Gasteiger partial charge in [-0.25, -0.2) is 0 Å². The number of nitrogens with one attached hydrogen (secondary N) is 1. The minimum Gasteiger partial charge on any atom is -0.353 e. The van der Waals surface area contributed by atoms with Crippen LogP contribution in [0.5, 0.6) is 0 Å². The molecule has 1 saturated heterocycles. The summed E-state index contributed by atoms with van der Waals surface area (Å²) in [7, 11) is 0. The third kappa shape index (κ3) is 3.94. The Morgan fingerprint density at radius 1 is 1.17 bits per heavy atom. The van der Waals surface area contributed by atoms with E-state index >= 15 is 0 Å². The van der Waals surface area contributed by atoms with Crippen molar-refractivity contribution in [2.24, 2.45) is 11.8 Å². The normalized spacial score (nSPS) is 26.0. The molecule has 2 atom stereocenters. The van der Waals surface area contributed by atoms with Crippen molar-refractivity contribution in [1.29, 1.82) is 0 Å². The molecule has 0 radical (unpaired) electrons. The van der Waals surface area contributed by atoms with Gasteiger partial charge < -0.3 is 10.2 Å². The summed E-state index contributed by atoms with van der Waals surface area (Å²) in [6, 6.07) is 4.13. The molecule has 3 rings (SSSR count). The van der Waals surface area contributed by atoms with E-state index < -0.39 is 0 Å². The number of likely N-dealkylation sites (tertiary alicyclic amines) is 1. The lowest BCUT2D eigenvalue weighted by atomic mass is 9.85. The second kappa shape index (κ2) is 7.47. The molecule has 2 heterocycles. The zero-order chi connectivity index (χ0) is 16.2. The average molecular weight is 334 g/mol. The Labute approximate surface area is 142 Å².